The van der Waals surface area contributed by atoms with Gasteiger partial charge in [-0.3, -0.25) is 9.59 Å². The predicted octanol–water partition coefficient (Wildman–Crippen LogP) is 4.21. The SMILES string of the molecule is CC[C@H](C(=O)NC1CCCCC1)N(Cc1ccc(Cl)cc1)C(=O)CN(c1ccccc1)S(=O)(=O)N(C)C. The number of carbonyl (C=O) groups is 2. The Hall–Kier alpha value is -2.62. The fourth-order valence-electron chi connectivity index (χ4n) is 4.56. The second-order valence-corrected chi connectivity index (χ2v) is 12.1. The largest absolute Gasteiger partial charge is 0.352 e. The van der Waals surface area contributed by atoms with E-state index in [2.05, 4.69) is 5.32 Å². The zero-order chi connectivity index (χ0) is 27.0. The summed E-state index contributed by atoms with van der Waals surface area (Å²) in [6.07, 6.45) is 5.56. The molecule has 0 aromatic heterocycles. The molecule has 1 aliphatic rings. The van der Waals surface area contributed by atoms with Crippen molar-refractivity contribution in [3.05, 3.63) is 65.2 Å². The summed E-state index contributed by atoms with van der Waals surface area (Å²) in [5.41, 5.74) is 1.17. The van der Waals surface area contributed by atoms with E-state index in [1.807, 2.05) is 6.92 Å². The van der Waals surface area contributed by atoms with Gasteiger partial charge in [0.15, 0.2) is 0 Å². The van der Waals surface area contributed by atoms with Crippen LogP contribution in [-0.4, -0.2) is 62.2 Å². The number of carbonyl (C=O) groups excluding carboxylic acids is 2. The molecular formula is C27H37ClN4O4S. The van der Waals surface area contributed by atoms with Crippen LogP contribution in [0, 0.1) is 0 Å². The summed E-state index contributed by atoms with van der Waals surface area (Å²) in [4.78, 5) is 28.8. The summed E-state index contributed by atoms with van der Waals surface area (Å²) in [5, 5.41) is 3.71. The molecule has 1 fully saturated rings. The van der Waals surface area contributed by atoms with Crippen molar-refractivity contribution in [3.8, 4) is 0 Å². The van der Waals surface area contributed by atoms with Gasteiger partial charge in [-0.15, -0.1) is 0 Å². The van der Waals surface area contributed by atoms with E-state index in [4.69, 9.17) is 11.6 Å². The van der Waals surface area contributed by atoms with Gasteiger partial charge < -0.3 is 10.2 Å². The Morgan fingerprint density at radius 2 is 1.62 bits per heavy atom. The van der Waals surface area contributed by atoms with Gasteiger partial charge in [-0.05, 0) is 49.1 Å². The van der Waals surface area contributed by atoms with Crippen LogP contribution in [0.4, 0.5) is 5.69 Å². The van der Waals surface area contributed by atoms with E-state index < -0.39 is 28.7 Å². The van der Waals surface area contributed by atoms with Crippen molar-refractivity contribution >= 4 is 39.3 Å². The molecule has 3 rings (SSSR count). The molecular weight excluding hydrogens is 512 g/mol. The van der Waals surface area contributed by atoms with Crippen molar-refractivity contribution in [2.75, 3.05) is 24.9 Å². The van der Waals surface area contributed by atoms with E-state index >= 15 is 0 Å². The van der Waals surface area contributed by atoms with E-state index in [-0.39, 0.29) is 18.5 Å². The number of nitrogens with one attached hydrogen (secondary N) is 1. The van der Waals surface area contributed by atoms with Gasteiger partial charge in [-0.25, -0.2) is 4.31 Å². The fraction of sp³-hybridized carbons (Fsp3) is 0.481. The average molecular weight is 549 g/mol. The first-order valence-electron chi connectivity index (χ1n) is 12.7. The Morgan fingerprint density at radius 1 is 1.00 bits per heavy atom. The molecule has 1 aliphatic carbocycles. The minimum absolute atomic E-state index is 0.0951. The summed E-state index contributed by atoms with van der Waals surface area (Å²) >= 11 is 6.05. The number of rotatable bonds is 11. The lowest BCUT2D eigenvalue weighted by molar-refractivity contribution is -0.140. The molecule has 0 radical (unpaired) electrons. The lowest BCUT2D eigenvalue weighted by Crippen LogP contribution is -2.54. The zero-order valence-corrected chi connectivity index (χ0v) is 23.3. The monoisotopic (exact) mass is 548 g/mol. The molecule has 0 aliphatic heterocycles. The number of amides is 2. The van der Waals surface area contributed by atoms with E-state index in [1.54, 1.807) is 54.6 Å². The lowest BCUT2D eigenvalue weighted by atomic mass is 9.95. The third kappa shape index (κ3) is 7.69. The third-order valence-electron chi connectivity index (χ3n) is 6.67. The van der Waals surface area contributed by atoms with Crippen LogP contribution in [0.25, 0.3) is 0 Å². The number of hydrogen-bond donors (Lipinski definition) is 1. The number of benzene rings is 2. The standard InChI is InChI=1S/C27H37ClN4O4S/c1-4-25(27(34)29-23-11-7-5-8-12-23)31(19-21-15-17-22(28)18-16-21)26(33)20-32(37(35,36)30(2)3)24-13-9-6-10-14-24/h6,9-10,13-18,23,25H,4-5,7-8,11-12,19-20H2,1-3H3,(H,29,34)/t25-/m1/s1. The Kier molecular flexibility index (Phi) is 10.4. The molecule has 10 heteroatoms. The maximum Gasteiger partial charge on any atom is 0.304 e. The number of halogens is 1. The van der Waals surface area contributed by atoms with E-state index in [0.717, 1.165) is 39.9 Å². The molecule has 0 unspecified atom stereocenters. The second kappa shape index (κ2) is 13.3. The Balaban J connectivity index is 1.93. The molecule has 2 aromatic carbocycles. The van der Waals surface area contributed by atoms with Crippen molar-refractivity contribution in [1.82, 2.24) is 14.5 Å². The normalized spacial score (nSPS) is 15.3. The van der Waals surface area contributed by atoms with Crippen molar-refractivity contribution in [1.29, 1.82) is 0 Å². The molecule has 0 saturated heterocycles. The molecule has 37 heavy (non-hydrogen) atoms. The van der Waals surface area contributed by atoms with Gasteiger partial charge in [-0.1, -0.05) is 68.1 Å². The van der Waals surface area contributed by atoms with Crippen molar-refractivity contribution < 1.29 is 18.0 Å². The molecule has 1 saturated carbocycles. The highest BCUT2D eigenvalue weighted by Gasteiger charge is 2.34. The van der Waals surface area contributed by atoms with Crippen molar-refractivity contribution in [3.63, 3.8) is 0 Å². The van der Waals surface area contributed by atoms with Gasteiger partial charge in [0, 0.05) is 31.7 Å². The Bertz CT molecular complexity index is 1140. The highest BCUT2D eigenvalue weighted by atomic mass is 35.5. The van der Waals surface area contributed by atoms with Crippen molar-refractivity contribution in [2.45, 2.75) is 64.1 Å². The Morgan fingerprint density at radius 3 is 2.19 bits per heavy atom. The maximum absolute atomic E-state index is 13.9. The second-order valence-electron chi connectivity index (χ2n) is 9.55. The number of nitrogens with zero attached hydrogens (tertiary/aromatic N) is 3. The van der Waals surface area contributed by atoms with Gasteiger partial charge in [0.1, 0.15) is 12.6 Å². The van der Waals surface area contributed by atoms with Gasteiger partial charge in [0.05, 0.1) is 5.69 Å². The summed E-state index contributed by atoms with van der Waals surface area (Å²) in [5.74, 6) is -0.673. The number of para-hydroxylation sites is 1. The first-order valence-corrected chi connectivity index (χ1v) is 14.5. The zero-order valence-electron chi connectivity index (χ0n) is 21.8. The Labute approximate surface area is 225 Å². The van der Waals surface area contributed by atoms with Crippen LogP contribution < -0.4 is 9.62 Å². The maximum atomic E-state index is 13.9. The topological polar surface area (TPSA) is 90.0 Å². The number of hydrogen-bond acceptors (Lipinski definition) is 4. The van der Waals surface area contributed by atoms with Crippen LogP contribution in [-0.2, 0) is 26.3 Å². The van der Waals surface area contributed by atoms with Gasteiger partial charge in [0.2, 0.25) is 11.8 Å². The quantitative estimate of drug-likeness (QED) is 0.455. The van der Waals surface area contributed by atoms with Gasteiger partial charge >= 0.3 is 10.2 Å². The van der Waals surface area contributed by atoms with E-state index in [1.165, 1.54) is 25.4 Å². The van der Waals surface area contributed by atoms with Crippen LogP contribution >= 0.6 is 11.6 Å². The molecule has 0 spiro atoms. The highest BCUT2D eigenvalue weighted by molar-refractivity contribution is 7.90. The van der Waals surface area contributed by atoms with Crippen LogP contribution in [0.2, 0.25) is 5.02 Å². The summed E-state index contributed by atoms with van der Waals surface area (Å²) in [6, 6.07) is 14.9. The molecule has 8 nitrogen and oxygen atoms in total. The molecule has 202 valence electrons. The summed E-state index contributed by atoms with van der Waals surface area (Å²) in [7, 11) is -1.12. The summed E-state index contributed by atoms with van der Waals surface area (Å²) < 4.78 is 28.6. The minimum atomic E-state index is -3.97. The first kappa shape index (κ1) is 28.9. The van der Waals surface area contributed by atoms with Gasteiger partial charge in [-0.2, -0.15) is 12.7 Å². The van der Waals surface area contributed by atoms with Crippen LogP contribution in [0.3, 0.4) is 0 Å². The minimum Gasteiger partial charge on any atom is -0.352 e. The van der Waals surface area contributed by atoms with Gasteiger partial charge in [0.25, 0.3) is 0 Å². The molecule has 2 amide bonds. The van der Waals surface area contributed by atoms with E-state index in [0.29, 0.717) is 17.1 Å². The smallest absolute Gasteiger partial charge is 0.304 e. The molecule has 0 heterocycles. The predicted molar refractivity (Wildman–Crippen MR) is 147 cm³/mol. The molecule has 0 bridgehead atoms. The number of anilines is 1. The van der Waals surface area contributed by atoms with Crippen LogP contribution in [0.1, 0.15) is 51.0 Å². The van der Waals surface area contributed by atoms with Crippen LogP contribution in [0.5, 0.6) is 0 Å². The lowest BCUT2D eigenvalue weighted by Gasteiger charge is -2.35. The average Bonchev–Trinajstić information content (AvgIpc) is 2.89. The highest BCUT2D eigenvalue weighted by Crippen LogP contribution is 2.22. The fourth-order valence-corrected chi connectivity index (χ4v) is 5.74. The first-order chi connectivity index (χ1) is 17.6. The molecule has 1 N–H and O–H groups in total. The molecule has 1 atom stereocenters. The van der Waals surface area contributed by atoms with Crippen molar-refractivity contribution in [2.24, 2.45) is 0 Å². The molecule has 2 aromatic rings. The van der Waals surface area contributed by atoms with E-state index in [9.17, 15) is 18.0 Å². The summed E-state index contributed by atoms with van der Waals surface area (Å²) in [6.45, 7) is 1.57. The third-order valence-corrected chi connectivity index (χ3v) is 8.74. The van der Waals surface area contributed by atoms with Crippen LogP contribution in [0.15, 0.2) is 54.6 Å².